The summed E-state index contributed by atoms with van der Waals surface area (Å²) in [5.74, 6) is -2.90. The van der Waals surface area contributed by atoms with Crippen LogP contribution in [0.25, 0.3) is 11.1 Å². The summed E-state index contributed by atoms with van der Waals surface area (Å²) in [6.07, 6.45) is 0. The van der Waals surface area contributed by atoms with Crippen molar-refractivity contribution in [3.8, 4) is 22.6 Å². The smallest absolute Gasteiger partial charge is 0.342 e. The summed E-state index contributed by atoms with van der Waals surface area (Å²) < 4.78 is 12.4. The van der Waals surface area contributed by atoms with Crippen molar-refractivity contribution in [1.82, 2.24) is 4.98 Å². The number of carboxylic acids is 2. The van der Waals surface area contributed by atoms with Gasteiger partial charge in [-0.25, -0.2) is 9.59 Å². The number of halogens is 1. The molecule has 0 fully saturated rings. The van der Waals surface area contributed by atoms with E-state index in [4.69, 9.17) is 15.2 Å². The maximum Gasteiger partial charge on any atom is 0.342 e. The van der Waals surface area contributed by atoms with Crippen molar-refractivity contribution in [3.63, 3.8) is 0 Å². The van der Waals surface area contributed by atoms with E-state index in [0.29, 0.717) is 5.75 Å². The van der Waals surface area contributed by atoms with Gasteiger partial charge in [0.1, 0.15) is 23.6 Å². The number of hydrogen-bond acceptors (Lipinski definition) is 6. The Balaban J connectivity index is 2.12. The summed E-state index contributed by atoms with van der Waals surface area (Å²) in [7, 11) is 0. The second kappa shape index (κ2) is 9.56. The first-order valence-corrected chi connectivity index (χ1v) is 10.2. The van der Waals surface area contributed by atoms with Crippen LogP contribution in [0, 0.1) is 0 Å². The van der Waals surface area contributed by atoms with E-state index in [1.807, 2.05) is 24.3 Å². The van der Waals surface area contributed by atoms with Gasteiger partial charge in [0.05, 0.1) is 6.61 Å². The molecule has 5 N–H and O–H groups in total. The number of rotatable bonds is 8. The molecular formula is C22H19BrN2O7. The zero-order valence-corrected chi connectivity index (χ0v) is 18.4. The Bertz CT molecular complexity index is 1250. The number of benzene rings is 2. The van der Waals surface area contributed by atoms with Crippen molar-refractivity contribution in [2.45, 2.75) is 13.5 Å². The number of carboxylic acid groups (broad SMARTS) is 2. The van der Waals surface area contributed by atoms with Crippen LogP contribution in [0.4, 0.5) is 5.82 Å². The first-order chi connectivity index (χ1) is 15.2. The van der Waals surface area contributed by atoms with Gasteiger partial charge in [-0.05, 0) is 42.3 Å². The molecule has 0 spiro atoms. The lowest BCUT2D eigenvalue weighted by Crippen LogP contribution is -2.24. The summed E-state index contributed by atoms with van der Waals surface area (Å²) in [4.78, 5) is 37.9. The maximum atomic E-state index is 12.2. The number of pyridine rings is 1. The van der Waals surface area contributed by atoms with Crippen molar-refractivity contribution in [3.05, 3.63) is 74.0 Å². The summed E-state index contributed by atoms with van der Waals surface area (Å²) in [6, 6.07) is 11.9. The number of nitrogens with two attached hydrogens (primary N) is 1. The molecule has 9 nitrogen and oxygen atoms in total. The molecule has 10 heteroatoms. The average Bonchev–Trinajstić information content (AvgIpc) is 2.72. The van der Waals surface area contributed by atoms with Crippen LogP contribution in [0.1, 0.15) is 33.2 Å². The van der Waals surface area contributed by atoms with Gasteiger partial charge in [0.15, 0.2) is 11.5 Å². The number of nitrogens with one attached hydrogen (secondary N) is 1. The Hall–Kier alpha value is -3.79. The van der Waals surface area contributed by atoms with Crippen LogP contribution in [-0.4, -0.2) is 33.7 Å². The number of carbonyl (C=O) groups is 2. The molecule has 0 bridgehead atoms. The third kappa shape index (κ3) is 4.75. The minimum Gasteiger partial charge on any atom is -0.490 e. The van der Waals surface area contributed by atoms with Gasteiger partial charge in [-0.3, -0.25) is 4.79 Å². The lowest BCUT2D eigenvalue weighted by molar-refractivity contribution is 0.0695. The van der Waals surface area contributed by atoms with E-state index in [9.17, 15) is 24.6 Å². The molecular weight excluding hydrogens is 484 g/mol. The third-order valence-corrected chi connectivity index (χ3v) is 4.98. The van der Waals surface area contributed by atoms with Gasteiger partial charge in [0, 0.05) is 10.0 Å². The van der Waals surface area contributed by atoms with E-state index in [1.54, 1.807) is 6.92 Å². The van der Waals surface area contributed by atoms with Gasteiger partial charge in [0.2, 0.25) is 0 Å². The topological polar surface area (TPSA) is 152 Å². The zero-order valence-electron chi connectivity index (χ0n) is 16.8. The molecule has 3 rings (SSSR count). The molecule has 0 aliphatic rings. The van der Waals surface area contributed by atoms with Crippen LogP contribution in [0.2, 0.25) is 0 Å². The van der Waals surface area contributed by atoms with E-state index in [-0.39, 0.29) is 30.1 Å². The van der Waals surface area contributed by atoms with Crippen LogP contribution >= 0.6 is 15.9 Å². The molecule has 0 atom stereocenters. The molecule has 166 valence electrons. The Morgan fingerprint density at radius 3 is 2.38 bits per heavy atom. The number of nitrogen functional groups attached to an aromatic ring is 1. The van der Waals surface area contributed by atoms with Crippen LogP contribution in [-0.2, 0) is 6.61 Å². The van der Waals surface area contributed by atoms with Crippen LogP contribution in [0.3, 0.4) is 0 Å². The van der Waals surface area contributed by atoms with E-state index in [0.717, 1.165) is 10.0 Å². The number of hydrogen-bond donors (Lipinski definition) is 4. The number of ether oxygens (including phenoxy) is 2. The summed E-state index contributed by atoms with van der Waals surface area (Å²) in [6.45, 7) is 2.25. The lowest BCUT2D eigenvalue weighted by Gasteiger charge is -2.16. The van der Waals surface area contributed by atoms with Crippen LogP contribution in [0.15, 0.2) is 51.7 Å². The molecule has 32 heavy (non-hydrogen) atoms. The van der Waals surface area contributed by atoms with Crippen molar-refractivity contribution < 1.29 is 29.3 Å². The average molecular weight is 503 g/mol. The lowest BCUT2D eigenvalue weighted by atomic mass is 9.95. The fraction of sp³-hybridized carbons (Fsp3) is 0.136. The molecule has 0 saturated carbocycles. The highest BCUT2D eigenvalue weighted by atomic mass is 79.9. The fourth-order valence-corrected chi connectivity index (χ4v) is 3.62. The SMILES string of the molecule is CCOc1cc(-c2c(C(=O)O)c(N)[nH]c(=O)c2C(=O)O)ccc1OCc1cccc(Br)c1. The normalized spacial score (nSPS) is 10.6. The van der Waals surface area contributed by atoms with Gasteiger partial charge in [0.25, 0.3) is 5.56 Å². The Kier molecular flexibility index (Phi) is 6.84. The van der Waals surface area contributed by atoms with Gasteiger partial charge >= 0.3 is 11.9 Å². The van der Waals surface area contributed by atoms with Crippen molar-refractivity contribution >= 4 is 33.7 Å². The monoisotopic (exact) mass is 502 g/mol. The fourth-order valence-electron chi connectivity index (χ4n) is 3.17. The molecule has 0 aliphatic carbocycles. The number of aromatic nitrogens is 1. The minimum atomic E-state index is -1.59. The van der Waals surface area contributed by atoms with Gasteiger partial charge in [-0.1, -0.05) is 34.1 Å². The predicted molar refractivity (Wildman–Crippen MR) is 120 cm³/mol. The van der Waals surface area contributed by atoms with Crippen LogP contribution < -0.4 is 20.8 Å². The second-order valence-electron chi connectivity index (χ2n) is 6.62. The first kappa shape index (κ1) is 22.9. The molecule has 1 aromatic heterocycles. The van der Waals surface area contributed by atoms with Crippen LogP contribution in [0.5, 0.6) is 11.5 Å². The van der Waals surface area contributed by atoms with E-state index in [1.165, 1.54) is 18.2 Å². The molecule has 0 saturated heterocycles. The molecule has 3 aromatic rings. The largest absolute Gasteiger partial charge is 0.490 e. The third-order valence-electron chi connectivity index (χ3n) is 4.49. The zero-order chi connectivity index (χ0) is 23.4. The Morgan fingerprint density at radius 1 is 1.03 bits per heavy atom. The van der Waals surface area contributed by atoms with Gasteiger partial charge in [-0.15, -0.1) is 0 Å². The van der Waals surface area contributed by atoms with E-state index >= 15 is 0 Å². The maximum absolute atomic E-state index is 12.2. The summed E-state index contributed by atoms with van der Waals surface area (Å²) in [5.41, 5.74) is 4.14. The minimum absolute atomic E-state index is 0.135. The highest BCUT2D eigenvalue weighted by molar-refractivity contribution is 9.10. The predicted octanol–water partition coefficient (Wildman–Crippen LogP) is 3.76. The second-order valence-corrected chi connectivity index (χ2v) is 7.53. The first-order valence-electron chi connectivity index (χ1n) is 9.39. The van der Waals surface area contributed by atoms with Crippen molar-refractivity contribution in [1.29, 1.82) is 0 Å². The molecule has 0 aliphatic heterocycles. The molecule has 0 amide bonds. The van der Waals surface area contributed by atoms with Crippen molar-refractivity contribution in [2.75, 3.05) is 12.3 Å². The molecule has 0 radical (unpaired) electrons. The summed E-state index contributed by atoms with van der Waals surface area (Å²) >= 11 is 3.40. The highest BCUT2D eigenvalue weighted by Gasteiger charge is 2.27. The number of anilines is 1. The summed E-state index contributed by atoms with van der Waals surface area (Å²) in [5, 5.41) is 19.2. The van der Waals surface area contributed by atoms with Gasteiger partial charge in [-0.2, -0.15) is 0 Å². The number of H-pyrrole nitrogens is 1. The van der Waals surface area contributed by atoms with E-state index in [2.05, 4.69) is 20.9 Å². The molecule has 0 unspecified atom stereocenters. The standard InChI is InChI=1S/C22H19BrN2O7/c1-2-31-15-9-12(6-7-14(15)32-10-11-4-3-5-13(23)8-11)16-17(21(27)28)19(24)25-20(26)18(16)22(29)30/h3-9H,2,10H2,1H3,(H,27,28)(H,29,30)(H3,24,25,26). The molecule has 1 heterocycles. The quantitative estimate of drug-likeness (QED) is 0.363. The van der Waals surface area contributed by atoms with Gasteiger partial charge < -0.3 is 30.4 Å². The molecule has 2 aromatic carbocycles. The van der Waals surface area contributed by atoms with E-state index < -0.39 is 34.4 Å². The van der Waals surface area contributed by atoms with Crippen molar-refractivity contribution in [2.24, 2.45) is 0 Å². The Morgan fingerprint density at radius 2 is 1.75 bits per heavy atom. The highest BCUT2D eigenvalue weighted by Crippen LogP contribution is 2.36. The number of aromatic carboxylic acids is 2. The Labute approximate surface area is 190 Å². The number of aromatic amines is 1.